The number of aliphatic hydroxyl groups is 1. The van der Waals surface area contributed by atoms with Crippen molar-refractivity contribution in [3.05, 3.63) is 71.8 Å². The number of ether oxygens (including phenoxy) is 2. The minimum atomic E-state index is -0.835. The Kier molecular flexibility index (Phi) is 8.81. The Morgan fingerprint density at radius 3 is 1.89 bits per heavy atom. The first kappa shape index (κ1) is 21.2. The van der Waals surface area contributed by atoms with E-state index in [0.717, 1.165) is 11.1 Å². The molecule has 2 atom stereocenters. The maximum absolute atomic E-state index is 12.0. The standard InChI is InChI=1S/C21H26N2O5/c1-2-19(24)18(23-21(26)28-15-17-11-7-4-8-12-17)13-22-20(25)27-14-16-9-5-3-6-10-16/h3-12,18-19,24H,2,13-15H2,1H3,(H,22,25)(H,23,26)/t18-,19+/m1/s1. The molecule has 2 amide bonds. The van der Waals surface area contributed by atoms with Crippen molar-refractivity contribution in [3.8, 4) is 0 Å². The molecule has 0 spiro atoms. The van der Waals surface area contributed by atoms with Crippen molar-refractivity contribution in [2.24, 2.45) is 0 Å². The largest absolute Gasteiger partial charge is 0.445 e. The molecule has 0 aromatic heterocycles. The lowest BCUT2D eigenvalue weighted by Gasteiger charge is -2.23. The highest BCUT2D eigenvalue weighted by Crippen LogP contribution is 2.04. The topological polar surface area (TPSA) is 96.9 Å². The lowest BCUT2D eigenvalue weighted by molar-refractivity contribution is 0.0952. The summed E-state index contributed by atoms with van der Waals surface area (Å²) >= 11 is 0. The van der Waals surface area contributed by atoms with Crippen LogP contribution in [0.4, 0.5) is 9.59 Å². The van der Waals surface area contributed by atoms with Gasteiger partial charge in [0, 0.05) is 6.54 Å². The van der Waals surface area contributed by atoms with Crippen LogP contribution in [0, 0.1) is 0 Å². The fourth-order valence-electron chi connectivity index (χ4n) is 2.45. The van der Waals surface area contributed by atoms with Crippen LogP contribution >= 0.6 is 0 Å². The summed E-state index contributed by atoms with van der Waals surface area (Å²) in [7, 11) is 0. The lowest BCUT2D eigenvalue weighted by atomic mass is 10.1. The molecule has 28 heavy (non-hydrogen) atoms. The van der Waals surface area contributed by atoms with Crippen molar-refractivity contribution >= 4 is 12.2 Å². The van der Waals surface area contributed by atoms with Gasteiger partial charge < -0.3 is 25.2 Å². The zero-order valence-corrected chi connectivity index (χ0v) is 15.8. The number of amides is 2. The third kappa shape index (κ3) is 7.67. The molecule has 0 saturated heterocycles. The van der Waals surface area contributed by atoms with Gasteiger partial charge in [-0.05, 0) is 17.5 Å². The smallest absolute Gasteiger partial charge is 0.407 e. The third-order valence-corrected chi connectivity index (χ3v) is 4.08. The van der Waals surface area contributed by atoms with Gasteiger partial charge in [-0.25, -0.2) is 9.59 Å². The summed E-state index contributed by atoms with van der Waals surface area (Å²) in [5, 5.41) is 15.3. The molecule has 2 aromatic rings. The van der Waals surface area contributed by atoms with Crippen LogP contribution in [0.25, 0.3) is 0 Å². The molecule has 0 aliphatic rings. The monoisotopic (exact) mass is 386 g/mol. The average Bonchev–Trinajstić information content (AvgIpc) is 2.74. The quantitative estimate of drug-likeness (QED) is 0.616. The second-order valence-corrected chi connectivity index (χ2v) is 6.23. The van der Waals surface area contributed by atoms with Crippen LogP contribution < -0.4 is 10.6 Å². The Morgan fingerprint density at radius 2 is 1.39 bits per heavy atom. The van der Waals surface area contributed by atoms with Crippen LogP contribution in [-0.2, 0) is 22.7 Å². The zero-order valence-electron chi connectivity index (χ0n) is 15.8. The number of rotatable bonds is 9. The van der Waals surface area contributed by atoms with Gasteiger partial charge >= 0.3 is 12.2 Å². The lowest BCUT2D eigenvalue weighted by Crippen LogP contribution is -2.50. The van der Waals surface area contributed by atoms with E-state index in [9.17, 15) is 14.7 Å². The minimum absolute atomic E-state index is 0.0169. The van der Waals surface area contributed by atoms with E-state index in [1.165, 1.54) is 0 Å². The first-order chi connectivity index (χ1) is 13.6. The molecule has 2 rings (SSSR count). The summed E-state index contributed by atoms with van der Waals surface area (Å²) in [5.74, 6) is 0. The second kappa shape index (κ2) is 11.6. The van der Waals surface area contributed by atoms with Crippen LogP contribution in [0.3, 0.4) is 0 Å². The SMILES string of the molecule is CC[C@H](O)[C@@H](CNC(=O)OCc1ccccc1)NC(=O)OCc1ccccc1. The van der Waals surface area contributed by atoms with Gasteiger partial charge in [0.1, 0.15) is 13.2 Å². The van der Waals surface area contributed by atoms with Gasteiger partial charge in [0.15, 0.2) is 0 Å². The van der Waals surface area contributed by atoms with Crippen LogP contribution in [0.1, 0.15) is 24.5 Å². The van der Waals surface area contributed by atoms with Gasteiger partial charge in [0.25, 0.3) is 0 Å². The fourth-order valence-corrected chi connectivity index (χ4v) is 2.45. The molecule has 3 N–H and O–H groups in total. The number of hydrogen-bond donors (Lipinski definition) is 3. The zero-order chi connectivity index (χ0) is 20.2. The summed E-state index contributed by atoms with van der Waals surface area (Å²) in [4.78, 5) is 23.9. The van der Waals surface area contributed by atoms with E-state index >= 15 is 0 Å². The Hall–Kier alpha value is -3.06. The van der Waals surface area contributed by atoms with Gasteiger partial charge in [-0.15, -0.1) is 0 Å². The van der Waals surface area contributed by atoms with Gasteiger partial charge in [0.2, 0.25) is 0 Å². The predicted octanol–water partition coefficient (Wildman–Crippen LogP) is 2.98. The van der Waals surface area contributed by atoms with Gasteiger partial charge in [-0.2, -0.15) is 0 Å². The van der Waals surface area contributed by atoms with Crippen LogP contribution in [-0.4, -0.2) is 36.0 Å². The molecular weight excluding hydrogens is 360 g/mol. The molecule has 7 heteroatoms. The van der Waals surface area contributed by atoms with Crippen LogP contribution in [0.5, 0.6) is 0 Å². The number of carbonyl (C=O) groups is 2. The summed E-state index contributed by atoms with van der Waals surface area (Å²) in [6.07, 6.45) is -1.72. The van der Waals surface area contributed by atoms with Gasteiger partial charge in [-0.3, -0.25) is 0 Å². The molecule has 0 aliphatic heterocycles. The van der Waals surface area contributed by atoms with Crippen molar-refractivity contribution in [1.82, 2.24) is 10.6 Å². The Labute approximate surface area is 164 Å². The first-order valence-corrected chi connectivity index (χ1v) is 9.18. The maximum atomic E-state index is 12.0. The normalized spacial score (nSPS) is 12.5. The van der Waals surface area contributed by atoms with Crippen molar-refractivity contribution in [2.75, 3.05) is 6.54 Å². The predicted molar refractivity (Wildman–Crippen MR) is 104 cm³/mol. The molecule has 0 heterocycles. The number of carbonyl (C=O) groups excluding carboxylic acids is 2. The van der Waals surface area contributed by atoms with Gasteiger partial charge in [0.05, 0.1) is 12.1 Å². The molecule has 0 bridgehead atoms. The molecule has 0 saturated carbocycles. The molecule has 0 fully saturated rings. The Balaban J connectivity index is 1.76. The van der Waals surface area contributed by atoms with Crippen LogP contribution in [0.2, 0.25) is 0 Å². The van der Waals surface area contributed by atoms with Crippen molar-refractivity contribution < 1.29 is 24.2 Å². The van der Waals surface area contributed by atoms with Gasteiger partial charge in [-0.1, -0.05) is 67.6 Å². The van der Waals surface area contributed by atoms with E-state index in [-0.39, 0.29) is 19.8 Å². The number of hydrogen-bond acceptors (Lipinski definition) is 5. The Morgan fingerprint density at radius 1 is 0.893 bits per heavy atom. The van der Waals surface area contributed by atoms with Crippen molar-refractivity contribution in [1.29, 1.82) is 0 Å². The van der Waals surface area contributed by atoms with Crippen molar-refractivity contribution in [3.63, 3.8) is 0 Å². The maximum Gasteiger partial charge on any atom is 0.407 e. The minimum Gasteiger partial charge on any atom is -0.445 e. The number of benzene rings is 2. The van der Waals surface area contributed by atoms with E-state index in [1.54, 1.807) is 6.92 Å². The highest BCUT2D eigenvalue weighted by Gasteiger charge is 2.21. The third-order valence-electron chi connectivity index (χ3n) is 4.08. The van der Waals surface area contributed by atoms with E-state index in [0.29, 0.717) is 6.42 Å². The molecule has 0 radical (unpaired) electrons. The summed E-state index contributed by atoms with van der Waals surface area (Å²) in [6, 6.07) is 17.9. The Bertz CT molecular complexity index is 724. The highest BCUT2D eigenvalue weighted by molar-refractivity contribution is 5.69. The fraction of sp³-hybridized carbons (Fsp3) is 0.333. The molecule has 0 aliphatic carbocycles. The molecule has 0 unspecified atom stereocenters. The van der Waals surface area contributed by atoms with E-state index < -0.39 is 24.3 Å². The van der Waals surface area contributed by atoms with E-state index in [1.807, 2.05) is 60.7 Å². The first-order valence-electron chi connectivity index (χ1n) is 9.18. The number of alkyl carbamates (subject to hydrolysis) is 2. The molecular formula is C21H26N2O5. The van der Waals surface area contributed by atoms with Crippen LogP contribution in [0.15, 0.2) is 60.7 Å². The van der Waals surface area contributed by atoms with E-state index in [2.05, 4.69) is 10.6 Å². The van der Waals surface area contributed by atoms with E-state index in [4.69, 9.17) is 9.47 Å². The number of nitrogens with one attached hydrogen (secondary N) is 2. The van der Waals surface area contributed by atoms with Crippen molar-refractivity contribution in [2.45, 2.75) is 38.7 Å². The summed E-state index contributed by atoms with van der Waals surface area (Å²) in [6.45, 7) is 2.06. The summed E-state index contributed by atoms with van der Waals surface area (Å²) in [5.41, 5.74) is 1.72. The second-order valence-electron chi connectivity index (χ2n) is 6.23. The summed E-state index contributed by atoms with van der Waals surface area (Å²) < 4.78 is 10.3. The molecule has 2 aromatic carbocycles. The number of aliphatic hydroxyl groups excluding tert-OH is 1. The average molecular weight is 386 g/mol. The highest BCUT2D eigenvalue weighted by atomic mass is 16.6. The molecule has 150 valence electrons. The molecule has 7 nitrogen and oxygen atoms in total.